The second-order valence-corrected chi connectivity index (χ2v) is 13.2. The molecule has 5 atom stereocenters. The number of esters is 1. The Morgan fingerprint density at radius 1 is 1.12 bits per heavy atom. The number of aliphatic hydroxyl groups excluding tert-OH is 1. The number of rotatable bonds is 4. The summed E-state index contributed by atoms with van der Waals surface area (Å²) >= 11 is 0. The topological polar surface area (TPSA) is 74.2 Å². The second kappa shape index (κ2) is 7.05. The summed E-state index contributed by atoms with van der Waals surface area (Å²) < 4.78 is 23.5. The average molecular weight is 381 g/mol. The van der Waals surface area contributed by atoms with Crippen LogP contribution in [-0.2, 0) is 23.4 Å². The Bertz CT molecular complexity index is 641. The van der Waals surface area contributed by atoms with Crippen molar-refractivity contribution >= 4 is 14.3 Å². The molecule has 0 aliphatic carbocycles. The van der Waals surface area contributed by atoms with E-state index in [9.17, 15) is 9.90 Å². The van der Waals surface area contributed by atoms with E-state index in [0.717, 1.165) is 5.56 Å². The Morgan fingerprint density at radius 3 is 2.38 bits per heavy atom. The van der Waals surface area contributed by atoms with Gasteiger partial charge in [-0.2, -0.15) is 0 Å². The molecule has 26 heavy (non-hydrogen) atoms. The lowest BCUT2D eigenvalue weighted by atomic mass is 10.0. The summed E-state index contributed by atoms with van der Waals surface area (Å²) in [4.78, 5) is 11.8. The summed E-state index contributed by atoms with van der Waals surface area (Å²) in [5.41, 5.74) is 0.829. The predicted octanol–water partition coefficient (Wildman–Crippen LogP) is 2.78. The van der Waals surface area contributed by atoms with E-state index in [0.29, 0.717) is 6.61 Å². The molecule has 3 rings (SSSR count). The molecule has 0 radical (unpaired) electrons. The van der Waals surface area contributed by atoms with Crippen LogP contribution in [0.15, 0.2) is 30.3 Å². The molecule has 6 nitrogen and oxygen atoms in total. The number of ether oxygens (including phenoxy) is 3. The molecule has 2 aliphatic heterocycles. The first-order chi connectivity index (χ1) is 12.1. The Labute approximate surface area is 155 Å². The van der Waals surface area contributed by atoms with Gasteiger partial charge in [0.05, 0.1) is 6.61 Å². The van der Waals surface area contributed by atoms with Crippen molar-refractivity contribution in [1.29, 1.82) is 0 Å². The molecule has 2 saturated heterocycles. The van der Waals surface area contributed by atoms with E-state index >= 15 is 0 Å². The van der Waals surface area contributed by atoms with Gasteiger partial charge in [0.2, 0.25) is 0 Å². The fourth-order valence-corrected chi connectivity index (χ4v) is 3.86. The molecule has 2 aliphatic rings. The van der Waals surface area contributed by atoms with Crippen LogP contribution in [0.25, 0.3) is 0 Å². The number of fused-ring (bicyclic) bond motifs is 1. The largest absolute Gasteiger partial charge is 0.455 e. The van der Waals surface area contributed by atoms with E-state index in [1.54, 1.807) is 0 Å². The number of hydrogen-bond donors (Lipinski definition) is 1. The zero-order valence-corrected chi connectivity index (χ0v) is 17.0. The molecule has 7 heteroatoms. The fraction of sp³-hybridized carbons (Fsp3) is 0.632. The van der Waals surface area contributed by atoms with Crippen LogP contribution in [0.3, 0.4) is 0 Å². The highest BCUT2D eigenvalue weighted by Gasteiger charge is 2.54. The van der Waals surface area contributed by atoms with Crippen molar-refractivity contribution in [3.63, 3.8) is 0 Å². The van der Waals surface area contributed by atoms with Gasteiger partial charge in [0.1, 0.15) is 12.2 Å². The molecular formula is C19H28O6Si. The highest BCUT2D eigenvalue weighted by Crippen LogP contribution is 2.39. The molecule has 2 heterocycles. The van der Waals surface area contributed by atoms with Crippen LogP contribution in [0, 0.1) is 0 Å². The third-order valence-corrected chi connectivity index (χ3v) is 10.1. The van der Waals surface area contributed by atoms with Crippen molar-refractivity contribution in [3.8, 4) is 0 Å². The van der Waals surface area contributed by atoms with Crippen LogP contribution in [0.5, 0.6) is 0 Å². The lowest BCUT2D eigenvalue weighted by molar-refractivity contribution is -0.287. The van der Waals surface area contributed by atoms with Crippen LogP contribution >= 0.6 is 0 Å². The first kappa shape index (κ1) is 19.5. The maximum absolute atomic E-state index is 11.8. The molecule has 0 unspecified atom stereocenters. The normalized spacial score (nSPS) is 32.2. The van der Waals surface area contributed by atoms with E-state index in [1.807, 2.05) is 30.3 Å². The third-order valence-electron chi connectivity index (χ3n) is 5.56. The van der Waals surface area contributed by atoms with Crippen molar-refractivity contribution in [2.45, 2.75) is 69.6 Å². The molecule has 0 saturated carbocycles. The first-order valence-corrected chi connectivity index (χ1v) is 11.9. The number of carbonyl (C=O) groups is 1. The highest BCUT2D eigenvalue weighted by molar-refractivity contribution is 6.74. The van der Waals surface area contributed by atoms with Gasteiger partial charge in [0.15, 0.2) is 26.8 Å². The van der Waals surface area contributed by atoms with Crippen LogP contribution in [0.1, 0.15) is 32.6 Å². The first-order valence-electron chi connectivity index (χ1n) is 8.98. The van der Waals surface area contributed by atoms with Gasteiger partial charge in [0.25, 0.3) is 0 Å². The van der Waals surface area contributed by atoms with E-state index in [4.69, 9.17) is 18.6 Å². The van der Waals surface area contributed by atoms with Gasteiger partial charge in [-0.3, -0.25) is 0 Å². The molecule has 1 aromatic carbocycles. The fourth-order valence-electron chi connectivity index (χ4n) is 2.84. The summed E-state index contributed by atoms with van der Waals surface area (Å²) in [5.74, 6) is -0.672. The Hall–Kier alpha value is -1.25. The van der Waals surface area contributed by atoms with Crippen molar-refractivity contribution in [2.75, 3.05) is 6.61 Å². The Morgan fingerprint density at radius 2 is 1.77 bits per heavy atom. The van der Waals surface area contributed by atoms with Gasteiger partial charge in [0, 0.05) is 5.56 Å². The molecule has 144 valence electrons. The van der Waals surface area contributed by atoms with Crippen molar-refractivity contribution in [2.24, 2.45) is 0 Å². The zero-order chi connectivity index (χ0) is 19.1. The van der Waals surface area contributed by atoms with Gasteiger partial charge in [-0.25, -0.2) is 4.79 Å². The number of aliphatic hydroxyl groups is 1. The molecular weight excluding hydrogens is 352 g/mol. The summed E-state index contributed by atoms with van der Waals surface area (Å²) in [6.45, 7) is 11.1. The highest BCUT2D eigenvalue weighted by atomic mass is 28.4. The van der Waals surface area contributed by atoms with Gasteiger partial charge in [-0.15, -0.1) is 0 Å². The van der Waals surface area contributed by atoms with E-state index in [1.165, 1.54) is 0 Å². The molecule has 0 spiro atoms. The molecule has 1 N–H and O–H groups in total. The summed E-state index contributed by atoms with van der Waals surface area (Å²) in [6, 6.07) is 9.47. The molecule has 0 amide bonds. The number of hydrogen-bond acceptors (Lipinski definition) is 6. The second-order valence-electron chi connectivity index (χ2n) is 8.44. The average Bonchev–Trinajstić information content (AvgIpc) is 2.87. The number of benzene rings is 1. The summed E-state index contributed by atoms with van der Waals surface area (Å²) in [5, 5.41) is 10.2. The molecule has 0 bridgehead atoms. The van der Waals surface area contributed by atoms with E-state index < -0.39 is 45.0 Å². The van der Waals surface area contributed by atoms with Gasteiger partial charge in [-0.1, -0.05) is 51.1 Å². The molecule has 1 aromatic rings. The minimum Gasteiger partial charge on any atom is -0.455 e. The van der Waals surface area contributed by atoms with Crippen molar-refractivity contribution in [3.05, 3.63) is 35.9 Å². The minimum atomic E-state index is -1.99. The third kappa shape index (κ3) is 3.72. The molecule has 0 aromatic heterocycles. The Balaban J connectivity index is 1.79. The summed E-state index contributed by atoms with van der Waals surface area (Å²) in [6.07, 6.45) is -3.88. The van der Waals surface area contributed by atoms with Gasteiger partial charge in [-0.05, 0) is 18.1 Å². The smallest absolute Gasteiger partial charge is 0.338 e. The zero-order valence-electron chi connectivity index (χ0n) is 16.0. The van der Waals surface area contributed by atoms with Crippen molar-refractivity contribution in [1.82, 2.24) is 0 Å². The lowest BCUT2D eigenvalue weighted by Crippen LogP contribution is -2.52. The standard InChI is InChI=1S/C19H28O6Si/c1-19(2,3)26(4,5)22-11-13-15-16(14(20)17(21)24-15)25-18(23-13)12-9-7-6-8-10-12/h6-10,13-16,18,20H,11H2,1-5H3/t13-,14-,15+,16+,18-/m0/s1. The lowest BCUT2D eigenvalue weighted by Gasteiger charge is -2.41. The summed E-state index contributed by atoms with van der Waals surface area (Å²) in [7, 11) is -1.99. The SMILES string of the molecule is CC(C)(C)[Si](C)(C)OC[C@@H]1O[C@H](c2ccccc2)O[C@H]2[C@@H]1OC(=O)[C@H]2O. The maximum Gasteiger partial charge on any atom is 0.338 e. The van der Waals surface area contributed by atoms with E-state index in [2.05, 4.69) is 33.9 Å². The minimum absolute atomic E-state index is 0.0578. The van der Waals surface area contributed by atoms with Crippen LogP contribution in [-0.4, -0.2) is 50.4 Å². The van der Waals surface area contributed by atoms with E-state index in [-0.39, 0.29) is 5.04 Å². The monoisotopic (exact) mass is 380 g/mol. The molecule has 2 fully saturated rings. The number of carbonyl (C=O) groups excluding carboxylic acids is 1. The van der Waals surface area contributed by atoms with Crippen LogP contribution in [0.4, 0.5) is 0 Å². The van der Waals surface area contributed by atoms with Crippen molar-refractivity contribution < 1.29 is 28.5 Å². The van der Waals surface area contributed by atoms with Crippen LogP contribution in [0.2, 0.25) is 18.1 Å². The van der Waals surface area contributed by atoms with Gasteiger partial charge < -0.3 is 23.7 Å². The predicted molar refractivity (Wildman–Crippen MR) is 98.0 cm³/mol. The maximum atomic E-state index is 11.8. The van der Waals surface area contributed by atoms with Gasteiger partial charge >= 0.3 is 5.97 Å². The Kier molecular flexibility index (Phi) is 5.29. The quantitative estimate of drug-likeness (QED) is 0.640. The van der Waals surface area contributed by atoms with Crippen LogP contribution < -0.4 is 0 Å².